The fourth-order valence-electron chi connectivity index (χ4n) is 3.11. The second-order valence-corrected chi connectivity index (χ2v) is 6.27. The molecular weight excluding hydrogens is 238 g/mol. The molecule has 0 aliphatic carbocycles. The molecular formula is C15H29N3O. The molecule has 2 heterocycles. The Hall–Kier alpha value is -0.610. The minimum absolute atomic E-state index is 0.342. The van der Waals surface area contributed by atoms with Crippen LogP contribution in [0.3, 0.4) is 0 Å². The van der Waals surface area contributed by atoms with Gasteiger partial charge in [0.25, 0.3) is 0 Å². The molecule has 4 heteroatoms. The van der Waals surface area contributed by atoms with Crippen molar-refractivity contribution in [1.82, 2.24) is 15.1 Å². The van der Waals surface area contributed by atoms with Gasteiger partial charge in [0.2, 0.25) is 5.91 Å². The van der Waals surface area contributed by atoms with Gasteiger partial charge in [-0.3, -0.25) is 9.69 Å². The largest absolute Gasteiger partial charge is 0.342 e. The topological polar surface area (TPSA) is 35.6 Å². The number of carbonyl (C=O) groups excluding carboxylic acids is 1. The van der Waals surface area contributed by atoms with Crippen LogP contribution >= 0.6 is 0 Å². The monoisotopic (exact) mass is 267 g/mol. The van der Waals surface area contributed by atoms with Gasteiger partial charge in [-0.1, -0.05) is 20.3 Å². The van der Waals surface area contributed by atoms with Crippen LogP contribution in [0.1, 0.15) is 46.0 Å². The van der Waals surface area contributed by atoms with Crippen molar-refractivity contribution in [2.45, 2.75) is 58.0 Å². The van der Waals surface area contributed by atoms with Gasteiger partial charge >= 0.3 is 0 Å². The van der Waals surface area contributed by atoms with E-state index in [0.29, 0.717) is 24.5 Å². The highest BCUT2D eigenvalue weighted by atomic mass is 16.2. The van der Waals surface area contributed by atoms with Crippen molar-refractivity contribution < 1.29 is 4.79 Å². The molecule has 2 aliphatic rings. The molecule has 2 saturated heterocycles. The summed E-state index contributed by atoms with van der Waals surface area (Å²) in [5, 5.41) is 3.52. The van der Waals surface area contributed by atoms with E-state index in [0.717, 1.165) is 26.2 Å². The molecule has 0 aromatic carbocycles. The highest BCUT2D eigenvalue weighted by Gasteiger charge is 2.26. The first-order valence-electron chi connectivity index (χ1n) is 7.92. The minimum Gasteiger partial charge on any atom is -0.342 e. The Bertz CT molecular complexity index is 287. The zero-order chi connectivity index (χ0) is 13.7. The smallest absolute Gasteiger partial charge is 0.236 e. The lowest BCUT2D eigenvalue weighted by molar-refractivity contribution is -0.132. The summed E-state index contributed by atoms with van der Waals surface area (Å²) in [4.78, 5) is 16.7. The lowest BCUT2D eigenvalue weighted by Gasteiger charge is -2.36. The molecule has 19 heavy (non-hydrogen) atoms. The summed E-state index contributed by atoms with van der Waals surface area (Å²) < 4.78 is 0. The molecule has 0 aromatic rings. The number of nitrogens with zero attached hydrogens (tertiary/aromatic N) is 2. The van der Waals surface area contributed by atoms with Crippen LogP contribution in [-0.2, 0) is 4.79 Å². The molecule has 0 saturated carbocycles. The Morgan fingerprint density at radius 2 is 1.84 bits per heavy atom. The van der Waals surface area contributed by atoms with Gasteiger partial charge in [-0.2, -0.15) is 0 Å². The number of rotatable bonds is 5. The molecule has 4 nitrogen and oxygen atoms in total. The molecule has 0 spiro atoms. The van der Waals surface area contributed by atoms with Crippen LogP contribution < -0.4 is 5.32 Å². The molecule has 1 atom stereocenters. The standard InChI is InChI=1S/C15H29N3O/c1-13(2)16-11-14-7-3-4-10-18(14)12-15(19)17-8-5-6-9-17/h13-14,16H,3-12H2,1-2H3. The summed E-state index contributed by atoms with van der Waals surface area (Å²) >= 11 is 0. The van der Waals surface area contributed by atoms with E-state index in [1.54, 1.807) is 0 Å². The van der Waals surface area contributed by atoms with Gasteiger partial charge in [0.05, 0.1) is 6.54 Å². The number of piperidine rings is 1. The number of carbonyl (C=O) groups is 1. The summed E-state index contributed by atoms with van der Waals surface area (Å²) in [7, 11) is 0. The first-order valence-corrected chi connectivity index (χ1v) is 7.92. The molecule has 0 aromatic heterocycles. The summed E-state index contributed by atoms with van der Waals surface area (Å²) in [6, 6.07) is 1.07. The summed E-state index contributed by atoms with van der Waals surface area (Å²) in [5.74, 6) is 0.342. The normalized spacial score (nSPS) is 25.2. The Morgan fingerprint density at radius 1 is 1.16 bits per heavy atom. The van der Waals surface area contributed by atoms with Crippen molar-refractivity contribution in [1.29, 1.82) is 0 Å². The molecule has 2 rings (SSSR count). The lowest BCUT2D eigenvalue weighted by Crippen LogP contribution is -2.50. The van der Waals surface area contributed by atoms with Crippen molar-refractivity contribution >= 4 is 5.91 Å². The van der Waals surface area contributed by atoms with Crippen molar-refractivity contribution in [3.8, 4) is 0 Å². The Labute approximate surface area is 117 Å². The van der Waals surface area contributed by atoms with Crippen LogP contribution in [0.2, 0.25) is 0 Å². The number of hydrogen-bond donors (Lipinski definition) is 1. The van der Waals surface area contributed by atoms with Gasteiger partial charge in [0.1, 0.15) is 0 Å². The molecule has 1 amide bonds. The van der Waals surface area contributed by atoms with Gasteiger partial charge in [-0.15, -0.1) is 0 Å². The van der Waals surface area contributed by atoms with Crippen LogP contribution in [0.25, 0.3) is 0 Å². The van der Waals surface area contributed by atoms with Gasteiger partial charge in [0.15, 0.2) is 0 Å². The van der Waals surface area contributed by atoms with E-state index in [4.69, 9.17) is 0 Å². The van der Waals surface area contributed by atoms with Crippen molar-refractivity contribution in [2.75, 3.05) is 32.7 Å². The molecule has 110 valence electrons. The number of hydrogen-bond acceptors (Lipinski definition) is 3. The maximum atomic E-state index is 12.3. The lowest BCUT2D eigenvalue weighted by atomic mass is 10.0. The van der Waals surface area contributed by atoms with Crippen molar-refractivity contribution in [3.05, 3.63) is 0 Å². The van der Waals surface area contributed by atoms with Gasteiger partial charge in [-0.05, 0) is 32.2 Å². The Balaban J connectivity index is 1.82. The maximum Gasteiger partial charge on any atom is 0.236 e. The van der Waals surface area contributed by atoms with Gasteiger partial charge < -0.3 is 10.2 Å². The molecule has 0 bridgehead atoms. The third kappa shape index (κ3) is 4.46. The van der Waals surface area contributed by atoms with Crippen molar-refractivity contribution in [2.24, 2.45) is 0 Å². The number of likely N-dealkylation sites (tertiary alicyclic amines) is 2. The third-order valence-corrected chi connectivity index (χ3v) is 4.31. The fourth-order valence-corrected chi connectivity index (χ4v) is 3.11. The number of amides is 1. The molecule has 2 fully saturated rings. The van der Waals surface area contributed by atoms with Crippen LogP contribution in [0.4, 0.5) is 0 Å². The van der Waals surface area contributed by atoms with Gasteiger partial charge in [0, 0.05) is 31.7 Å². The molecule has 1 N–H and O–H groups in total. The second-order valence-electron chi connectivity index (χ2n) is 6.27. The van der Waals surface area contributed by atoms with Crippen molar-refractivity contribution in [3.63, 3.8) is 0 Å². The van der Waals surface area contributed by atoms with E-state index in [2.05, 4.69) is 24.1 Å². The van der Waals surface area contributed by atoms with E-state index in [1.165, 1.54) is 32.1 Å². The first kappa shape index (κ1) is 14.8. The minimum atomic E-state index is 0.342. The van der Waals surface area contributed by atoms with E-state index in [-0.39, 0.29) is 0 Å². The van der Waals surface area contributed by atoms with Crippen LogP contribution in [0, 0.1) is 0 Å². The van der Waals surface area contributed by atoms with E-state index < -0.39 is 0 Å². The average Bonchev–Trinajstić information content (AvgIpc) is 2.91. The quantitative estimate of drug-likeness (QED) is 0.819. The zero-order valence-corrected chi connectivity index (χ0v) is 12.5. The molecule has 1 unspecified atom stereocenters. The second kappa shape index (κ2) is 7.25. The Morgan fingerprint density at radius 3 is 2.53 bits per heavy atom. The van der Waals surface area contributed by atoms with Crippen LogP contribution in [0.5, 0.6) is 0 Å². The SMILES string of the molecule is CC(C)NCC1CCCCN1CC(=O)N1CCCC1. The van der Waals surface area contributed by atoms with E-state index >= 15 is 0 Å². The number of nitrogens with one attached hydrogen (secondary N) is 1. The average molecular weight is 267 g/mol. The third-order valence-electron chi connectivity index (χ3n) is 4.31. The highest BCUT2D eigenvalue weighted by molar-refractivity contribution is 5.78. The first-order chi connectivity index (χ1) is 9.16. The van der Waals surface area contributed by atoms with E-state index in [9.17, 15) is 4.79 Å². The maximum absolute atomic E-state index is 12.3. The van der Waals surface area contributed by atoms with Crippen LogP contribution in [-0.4, -0.2) is 60.5 Å². The van der Waals surface area contributed by atoms with Gasteiger partial charge in [-0.25, -0.2) is 0 Å². The predicted molar refractivity (Wildman–Crippen MR) is 78.2 cm³/mol. The predicted octanol–water partition coefficient (Wildman–Crippen LogP) is 1.46. The van der Waals surface area contributed by atoms with Crippen LogP contribution in [0.15, 0.2) is 0 Å². The zero-order valence-electron chi connectivity index (χ0n) is 12.5. The molecule has 0 radical (unpaired) electrons. The van der Waals surface area contributed by atoms with E-state index in [1.807, 2.05) is 4.90 Å². The summed E-state index contributed by atoms with van der Waals surface area (Å²) in [6.45, 7) is 9.05. The summed E-state index contributed by atoms with van der Waals surface area (Å²) in [6.07, 6.45) is 6.14. The fraction of sp³-hybridized carbons (Fsp3) is 0.933. The summed E-state index contributed by atoms with van der Waals surface area (Å²) in [5.41, 5.74) is 0. The Kier molecular flexibility index (Phi) is 5.64. The highest BCUT2D eigenvalue weighted by Crippen LogP contribution is 2.17. The molecule has 2 aliphatic heterocycles.